The summed E-state index contributed by atoms with van der Waals surface area (Å²) in [7, 11) is 0. The largest absolute Gasteiger partial charge is 0.314 e. The molecule has 1 N–H and O–H groups in total. The fraction of sp³-hybridized carbons (Fsp3) is 1.00. The molecule has 1 heterocycles. The van der Waals surface area contributed by atoms with Crippen molar-refractivity contribution in [3.63, 3.8) is 0 Å². The molecule has 1 saturated carbocycles. The van der Waals surface area contributed by atoms with Crippen LogP contribution in [0.5, 0.6) is 0 Å². The molecule has 0 aromatic heterocycles. The first-order chi connectivity index (χ1) is 9.19. The van der Waals surface area contributed by atoms with Crippen LogP contribution >= 0.6 is 11.8 Å². The van der Waals surface area contributed by atoms with Crippen molar-refractivity contribution in [2.24, 2.45) is 5.92 Å². The van der Waals surface area contributed by atoms with Crippen molar-refractivity contribution in [3.8, 4) is 0 Å². The number of rotatable bonds is 5. The first kappa shape index (κ1) is 15.7. The standard InChI is InChI=1S/C16H32N2S/c1-4-9-17-16-8-6-5-7-15(16)12-18-10-13(2)19-14(3)11-18/h13-17H,4-12H2,1-3H3. The number of nitrogens with zero attached hydrogens (tertiary/aromatic N) is 1. The van der Waals surface area contributed by atoms with E-state index in [1.54, 1.807) is 0 Å². The second kappa shape index (κ2) is 7.90. The van der Waals surface area contributed by atoms with Crippen molar-refractivity contribution in [1.29, 1.82) is 0 Å². The van der Waals surface area contributed by atoms with Crippen LogP contribution < -0.4 is 5.32 Å². The Morgan fingerprint density at radius 1 is 1.11 bits per heavy atom. The zero-order valence-electron chi connectivity index (χ0n) is 13.0. The molecule has 2 aliphatic rings. The van der Waals surface area contributed by atoms with Gasteiger partial charge in [-0.2, -0.15) is 11.8 Å². The van der Waals surface area contributed by atoms with E-state index >= 15 is 0 Å². The van der Waals surface area contributed by atoms with E-state index < -0.39 is 0 Å². The molecular formula is C16H32N2S. The Bertz CT molecular complexity index is 249. The van der Waals surface area contributed by atoms with E-state index in [1.165, 1.54) is 58.3 Å². The first-order valence-corrected chi connectivity index (χ1v) is 9.24. The van der Waals surface area contributed by atoms with Crippen molar-refractivity contribution >= 4 is 11.8 Å². The average Bonchev–Trinajstić information content (AvgIpc) is 2.36. The predicted octanol–water partition coefficient (Wildman–Crippen LogP) is 3.37. The van der Waals surface area contributed by atoms with E-state index in [0.29, 0.717) is 0 Å². The van der Waals surface area contributed by atoms with Crippen molar-refractivity contribution < 1.29 is 0 Å². The molecule has 2 rings (SSSR count). The SMILES string of the molecule is CCCNC1CCCCC1CN1CC(C)SC(C)C1. The van der Waals surface area contributed by atoms with E-state index in [-0.39, 0.29) is 0 Å². The monoisotopic (exact) mass is 284 g/mol. The van der Waals surface area contributed by atoms with Crippen molar-refractivity contribution in [1.82, 2.24) is 10.2 Å². The Labute approximate surface area is 124 Å². The summed E-state index contributed by atoms with van der Waals surface area (Å²) < 4.78 is 0. The van der Waals surface area contributed by atoms with Gasteiger partial charge in [0.25, 0.3) is 0 Å². The summed E-state index contributed by atoms with van der Waals surface area (Å²) in [6.07, 6.45) is 6.98. The molecule has 0 amide bonds. The van der Waals surface area contributed by atoms with Gasteiger partial charge >= 0.3 is 0 Å². The summed E-state index contributed by atoms with van der Waals surface area (Å²) in [6.45, 7) is 12.2. The van der Waals surface area contributed by atoms with Gasteiger partial charge in [0.15, 0.2) is 0 Å². The molecule has 0 bridgehead atoms. The maximum absolute atomic E-state index is 3.80. The van der Waals surface area contributed by atoms with E-state index in [4.69, 9.17) is 0 Å². The lowest BCUT2D eigenvalue weighted by atomic mass is 9.84. The van der Waals surface area contributed by atoms with Gasteiger partial charge in [-0.05, 0) is 31.7 Å². The zero-order chi connectivity index (χ0) is 13.7. The molecule has 0 aromatic carbocycles. The van der Waals surface area contributed by atoms with Crippen molar-refractivity contribution in [2.75, 3.05) is 26.2 Å². The molecule has 112 valence electrons. The van der Waals surface area contributed by atoms with E-state index in [9.17, 15) is 0 Å². The van der Waals surface area contributed by atoms with Crippen LogP contribution in [0.4, 0.5) is 0 Å². The fourth-order valence-electron chi connectivity index (χ4n) is 3.79. The van der Waals surface area contributed by atoms with Crippen LogP contribution in [-0.2, 0) is 0 Å². The molecule has 4 unspecified atom stereocenters. The quantitative estimate of drug-likeness (QED) is 0.833. The Balaban J connectivity index is 1.84. The van der Waals surface area contributed by atoms with Crippen LogP contribution in [0.25, 0.3) is 0 Å². The molecule has 1 aliphatic heterocycles. The van der Waals surface area contributed by atoms with Crippen LogP contribution in [0, 0.1) is 5.92 Å². The molecule has 2 nitrogen and oxygen atoms in total. The molecule has 0 radical (unpaired) electrons. The highest BCUT2D eigenvalue weighted by Gasteiger charge is 2.29. The fourth-order valence-corrected chi connectivity index (χ4v) is 5.18. The molecular weight excluding hydrogens is 252 g/mol. The van der Waals surface area contributed by atoms with Gasteiger partial charge in [-0.25, -0.2) is 0 Å². The smallest absolute Gasteiger partial charge is 0.0149 e. The Hall–Kier alpha value is 0.270. The molecule has 0 spiro atoms. The lowest BCUT2D eigenvalue weighted by Gasteiger charge is -2.40. The van der Waals surface area contributed by atoms with Gasteiger partial charge in [0, 0.05) is 36.2 Å². The third-order valence-electron chi connectivity index (χ3n) is 4.55. The van der Waals surface area contributed by atoms with Gasteiger partial charge in [0.1, 0.15) is 0 Å². The summed E-state index contributed by atoms with van der Waals surface area (Å²) >= 11 is 2.16. The van der Waals surface area contributed by atoms with Crippen LogP contribution in [0.15, 0.2) is 0 Å². The third kappa shape index (κ3) is 4.95. The van der Waals surface area contributed by atoms with Crippen molar-refractivity contribution in [2.45, 2.75) is 69.4 Å². The van der Waals surface area contributed by atoms with E-state index in [1.807, 2.05) is 0 Å². The second-order valence-corrected chi connectivity index (χ2v) is 8.46. The topological polar surface area (TPSA) is 15.3 Å². The Kier molecular flexibility index (Phi) is 6.51. The summed E-state index contributed by atoms with van der Waals surface area (Å²) in [5, 5.41) is 5.43. The van der Waals surface area contributed by atoms with E-state index in [0.717, 1.165) is 22.5 Å². The molecule has 1 saturated heterocycles. The molecule has 1 aliphatic carbocycles. The minimum absolute atomic E-state index is 0.786. The zero-order valence-corrected chi connectivity index (χ0v) is 13.8. The maximum Gasteiger partial charge on any atom is 0.0149 e. The summed E-state index contributed by atoms with van der Waals surface area (Å²) in [5.74, 6) is 0.891. The number of hydrogen-bond acceptors (Lipinski definition) is 3. The lowest BCUT2D eigenvalue weighted by molar-refractivity contribution is 0.166. The third-order valence-corrected chi connectivity index (χ3v) is 5.78. The highest BCUT2D eigenvalue weighted by molar-refractivity contribution is 8.00. The van der Waals surface area contributed by atoms with E-state index in [2.05, 4.69) is 42.7 Å². The van der Waals surface area contributed by atoms with Crippen LogP contribution in [0.1, 0.15) is 52.9 Å². The number of thioether (sulfide) groups is 1. The number of nitrogens with one attached hydrogen (secondary N) is 1. The van der Waals surface area contributed by atoms with Gasteiger partial charge in [-0.1, -0.05) is 33.6 Å². The maximum atomic E-state index is 3.80. The van der Waals surface area contributed by atoms with Crippen molar-refractivity contribution in [3.05, 3.63) is 0 Å². The normalized spacial score (nSPS) is 37.4. The number of hydrogen-bond donors (Lipinski definition) is 1. The minimum atomic E-state index is 0.786. The van der Waals surface area contributed by atoms with Crippen LogP contribution in [-0.4, -0.2) is 47.6 Å². The van der Waals surface area contributed by atoms with Gasteiger partial charge < -0.3 is 10.2 Å². The summed E-state index contributed by atoms with van der Waals surface area (Å²) in [6, 6.07) is 0.786. The molecule has 4 atom stereocenters. The van der Waals surface area contributed by atoms with Gasteiger partial charge in [-0.15, -0.1) is 0 Å². The summed E-state index contributed by atoms with van der Waals surface area (Å²) in [4.78, 5) is 2.74. The Morgan fingerprint density at radius 3 is 2.47 bits per heavy atom. The molecule has 19 heavy (non-hydrogen) atoms. The molecule has 3 heteroatoms. The first-order valence-electron chi connectivity index (χ1n) is 8.30. The summed E-state index contributed by atoms with van der Waals surface area (Å²) in [5.41, 5.74) is 0. The minimum Gasteiger partial charge on any atom is -0.314 e. The molecule has 0 aromatic rings. The Morgan fingerprint density at radius 2 is 1.79 bits per heavy atom. The molecule has 2 fully saturated rings. The van der Waals surface area contributed by atoms with Crippen LogP contribution in [0.2, 0.25) is 0 Å². The lowest BCUT2D eigenvalue weighted by Crippen LogP contribution is -2.48. The van der Waals surface area contributed by atoms with Gasteiger partial charge in [0.2, 0.25) is 0 Å². The average molecular weight is 285 g/mol. The highest BCUT2D eigenvalue weighted by atomic mass is 32.2. The predicted molar refractivity (Wildman–Crippen MR) is 87.0 cm³/mol. The van der Waals surface area contributed by atoms with Gasteiger partial charge in [-0.3, -0.25) is 0 Å². The van der Waals surface area contributed by atoms with Gasteiger partial charge in [0.05, 0.1) is 0 Å². The second-order valence-electron chi connectivity index (χ2n) is 6.58. The highest BCUT2D eigenvalue weighted by Crippen LogP contribution is 2.29. The van der Waals surface area contributed by atoms with Crippen LogP contribution in [0.3, 0.4) is 0 Å².